The third-order valence-electron chi connectivity index (χ3n) is 1.02. The molecule has 0 atom stereocenters. The summed E-state index contributed by atoms with van der Waals surface area (Å²) in [6, 6.07) is 0. The highest BCUT2D eigenvalue weighted by Gasteiger charge is 1.89. The first-order valence-electron chi connectivity index (χ1n) is 2.64. The van der Waals surface area contributed by atoms with Crippen LogP contribution >= 0.6 is 0 Å². The summed E-state index contributed by atoms with van der Waals surface area (Å²) in [5.41, 5.74) is 6.31. The summed E-state index contributed by atoms with van der Waals surface area (Å²) in [4.78, 5) is 0. The molecule has 0 heterocycles. The Kier molecular flexibility index (Phi) is 3.35. The second-order valence-corrected chi connectivity index (χ2v) is 1.60. The van der Waals surface area contributed by atoms with Gasteiger partial charge in [-0.1, -0.05) is 6.08 Å². The molecule has 3 heteroatoms. The highest BCUT2D eigenvalue weighted by molar-refractivity contribution is 5.96. The number of nitrogens with zero attached hydrogens (tertiary/aromatic N) is 2. The van der Waals surface area contributed by atoms with Crippen molar-refractivity contribution in [3.8, 4) is 0 Å². The van der Waals surface area contributed by atoms with Gasteiger partial charge in [-0.25, -0.2) is 0 Å². The van der Waals surface area contributed by atoms with Crippen LogP contribution < -0.4 is 5.73 Å². The number of nitrogens with two attached hydrogens (primary N) is 1. The van der Waals surface area contributed by atoms with Gasteiger partial charge in [-0.2, -0.15) is 5.10 Å². The first kappa shape index (κ1) is 7.88. The van der Waals surface area contributed by atoms with E-state index in [0.29, 0.717) is 5.84 Å². The van der Waals surface area contributed by atoms with Gasteiger partial charge in [0.15, 0.2) is 0 Å². The zero-order chi connectivity index (χ0) is 7.28. The van der Waals surface area contributed by atoms with Gasteiger partial charge in [-0.15, -0.1) is 5.10 Å². The normalized spacial score (nSPS) is 13.6. The highest BCUT2D eigenvalue weighted by Crippen LogP contribution is 1.90. The van der Waals surface area contributed by atoms with Gasteiger partial charge in [0.05, 0.1) is 0 Å². The van der Waals surface area contributed by atoms with Crippen LogP contribution in [0.15, 0.2) is 21.9 Å². The van der Waals surface area contributed by atoms with E-state index in [1.54, 1.807) is 0 Å². The number of hydrogen-bond donors (Lipinski definition) is 1. The van der Waals surface area contributed by atoms with E-state index in [9.17, 15) is 0 Å². The molecule has 0 aromatic heterocycles. The van der Waals surface area contributed by atoms with Gasteiger partial charge >= 0.3 is 0 Å². The van der Waals surface area contributed by atoms with Crippen LogP contribution in [0.5, 0.6) is 0 Å². The van der Waals surface area contributed by atoms with Gasteiger partial charge in [0, 0.05) is 6.72 Å². The van der Waals surface area contributed by atoms with Crippen molar-refractivity contribution < 1.29 is 0 Å². The molecule has 0 spiro atoms. The van der Waals surface area contributed by atoms with Crippen molar-refractivity contribution in [2.24, 2.45) is 15.9 Å². The van der Waals surface area contributed by atoms with Crippen molar-refractivity contribution in [1.82, 2.24) is 0 Å². The topological polar surface area (TPSA) is 50.7 Å². The average molecular weight is 125 g/mol. The van der Waals surface area contributed by atoms with Crippen LogP contribution in [0, 0.1) is 0 Å². The van der Waals surface area contributed by atoms with E-state index in [-0.39, 0.29) is 0 Å². The van der Waals surface area contributed by atoms with E-state index in [1.807, 2.05) is 19.9 Å². The molecule has 0 aromatic carbocycles. The summed E-state index contributed by atoms with van der Waals surface area (Å²) < 4.78 is 0. The maximum atomic E-state index is 5.39. The second kappa shape index (κ2) is 3.83. The van der Waals surface area contributed by atoms with Crippen LogP contribution in [-0.4, -0.2) is 12.6 Å². The van der Waals surface area contributed by atoms with Gasteiger partial charge in [0.1, 0.15) is 5.84 Å². The Labute approximate surface area is 55.0 Å². The fourth-order valence-electron chi connectivity index (χ4n) is 0.303. The molecule has 50 valence electrons. The summed E-state index contributed by atoms with van der Waals surface area (Å²) >= 11 is 0. The molecule has 0 aromatic rings. The second-order valence-electron chi connectivity index (χ2n) is 1.60. The van der Waals surface area contributed by atoms with Crippen molar-refractivity contribution in [2.75, 3.05) is 0 Å². The minimum atomic E-state index is 0.424. The summed E-state index contributed by atoms with van der Waals surface area (Å²) in [5.74, 6) is 0.424. The minimum Gasteiger partial charge on any atom is -0.382 e. The fraction of sp³-hybridized carbons (Fsp3) is 0.333. The molecular weight excluding hydrogens is 114 g/mol. The number of allylic oxidation sites excluding steroid dienone is 1. The molecule has 0 aliphatic heterocycles. The van der Waals surface area contributed by atoms with E-state index in [4.69, 9.17) is 5.73 Å². The van der Waals surface area contributed by atoms with E-state index < -0.39 is 0 Å². The summed E-state index contributed by atoms with van der Waals surface area (Å²) in [6.45, 7) is 6.93. The largest absolute Gasteiger partial charge is 0.382 e. The van der Waals surface area contributed by atoms with E-state index >= 15 is 0 Å². The zero-order valence-corrected chi connectivity index (χ0v) is 5.76. The van der Waals surface area contributed by atoms with Crippen molar-refractivity contribution >= 4 is 12.6 Å². The first-order valence-corrected chi connectivity index (χ1v) is 2.64. The predicted octanol–water partition coefficient (Wildman–Crippen LogP) is 0.925. The molecule has 0 fully saturated rings. The Bertz CT molecular complexity index is 156. The van der Waals surface area contributed by atoms with Crippen LogP contribution in [0.2, 0.25) is 0 Å². The van der Waals surface area contributed by atoms with Crippen molar-refractivity contribution in [1.29, 1.82) is 0 Å². The first-order chi connectivity index (χ1) is 4.22. The highest BCUT2D eigenvalue weighted by atomic mass is 15.2. The van der Waals surface area contributed by atoms with Gasteiger partial charge in [0.25, 0.3) is 0 Å². The molecule has 0 bridgehead atoms. The maximum absolute atomic E-state index is 5.39. The maximum Gasteiger partial charge on any atom is 0.148 e. The lowest BCUT2D eigenvalue weighted by Crippen LogP contribution is -2.11. The Morgan fingerprint density at radius 3 is 2.56 bits per heavy atom. The molecule has 0 radical (unpaired) electrons. The molecule has 3 nitrogen and oxygen atoms in total. The van der Waals surface area contributed by atoms with Crippen LogP contribution in [0.25, 0.3) is 0 Å². The van der Waals surface area contributed by atoms with Crippen LogP contribution in [0.4, 0.5) is 0 Å². The molecule has 0 aliphatic rings. The molecular formula is C6H11N3. The van der Waals surface area contributed by atoms with Crippen molar-refractivity contribution in [3.05, 3.63) is 11.6 Å². The fourth-order valence-corrected chi connectivity index (χ4v) is 0.303. The monoisotopic (exact) mass is 125 g/mol. The van der Waals surface area contributed by atoms with E-state index in [0.717, 1.165) is 5.57 Å². The average Bonchev–Trinajstić information content (AvgIpc) is 1.87. The van der Waals surface area contributed by atoms with Gasteiger partial charge in [-0.3, -0.25) is 0 Å². The molecule has 0 aliphatic carbocycles. The molecule has 9 heavy (non-hydrogen) atoms. The summed E-state index contributed by atoms with van der Waals surface area (Å²) in [5, 5.41) is 6.81. The minimum absolute atomic E-state index is 0.424. The zero-order valence-electron chi connectivity index (χ0n) is 5.76. The SMILES string of the molecule is C=N/N=C(N)\C(C)=C/C. The van der Waals surface area contributed by atoms with E-state index in [1.165, 1.54) is 0 Å². The lowest BCUT2D eigenvalue weighted by molar-refractivity contribution is 1.23. The molecule has 0 unspecified atom stereocenters. The lowest BCUT2D eigenvalue weighted by Gasteiger charge is -1.93. The Morgan fingerprint density at radius 1 is 1.67 bits per heavy atom. The third kappa shape index (κ3) is 2.64. The third-order valence-corrected chi connectivity index (χ3v) is 1.02. The lowest BCUT2D eigenvalue weighted by atomic mass is 10.3. The van der Waals surface area contributed by atoms with Gasteiger partial charge in [0.2, 0.25) is 0 Å². The van der Waals surface area contributed by atoms with Crippen molar-refractivity contribution in [3.63, 3.8) is 0 Å². The molecule has 0 saturated heterocycles. The molecule has 0 rings (SSSR count). The molecule has 0 saturated carbocycles. The summed E-state index contributed by atoms with van der Waals surface area (Å²) in [7, 11) is 0. The molecule has 0 amide bonds. The Balaban J connectivity index is 4.19. The van der Waals surface area contributed by atoms with Gasteiger partial charge < -0.3 is 5.73 Å². The van der Waals surface area contributed by atoms with E-state index in [2.05, 4.69) is 16.9 Å². The predicted molar refractivity (Wildman–Crippen MR) is 40.6 cm³/mol. The van der Waals surface area contributed by atoms with Crippen LogP contribution in [0.3, 0.4) is 0 Å². The van der Waals surface area contributed by atoms with Gasteiger partial charge in [-0.05, 0) is 19.4 Å². The Hall–Kier alpha value is -1.12. The number of rotatable bonds is 2. The number of amidine groups is 1. The number of hydrogen-bond acceptors (Lipinski definition) is 2. The summed E-state index contributed by atoms with van der Waals surface area (Å²) in [6.07, 6.45) is 1.87. The standard InChI is InChI=1S/C6H11N3/c1-4-5(2)6(7)9-8-3/h4H,3H2,1-2H3,(H2,7,9)/b5-4-. The van der Waals surface area contributed by atoms with Crippen molar-refractivity contribution in [2.45, 2.75) is 13.8 Å². The van der Waals surface area contributed by atoms with Crippen LogP contribution in [-0.2, 0) is 0 Å². The molecule has 2 N–H and O–H groups in total. The smallest absolute Gasteiger partial charge is 0.148 e. The Morgan fingerprint density at radius 2 is 2.22 bits per heavy atom. The van der Waals surface area contributed by atoms with Crippen LogP contribution in [0.1, 0.15) is 13.8 Å². The quantitative estimate of drug-likeness (QED) is 0.333.